The highest BCUT2D eigenvalue weighted by Crippen LogP contribution is 2.18. The lowest BCUT2D eigenvalue weighted by atomic mass is 10.1. The molecule has 1 heterocycles. The molecule has 0 aliphatic rings. The van der Waals surface area contributed by atoms with E-state index in [1.54, 1.807) is 20.8 Å². The fourth-order valence-corrected chi connectivity index (χ4v) is 2.75. The van der Waals surface area contributed by atoms with Crippen molar-refractivity contribution in [2.24, 2.45) is 0 Å². The molecule has 0 amide bonds. The van der Waals surface area contributed by atoms with E-state index < -0.39 is 21.1 Å². The van der Waals surface area contributed by atoms with Crippen LogP contribution in [0.2, 0.25) is 0 Å². The maximum Gasteiger partial charge on any atom is 0.360 e. The number of aryl methyl sites for hydroxylation is 1. The Balaban J connectivity index is 3.01. The van der Waals surface area contributed by atoms with Crippen molar-refractivity contribution in [2.75, 3.05) is 12.4 Å². The Labute approximate surface area is 125 Å². The minimum absolute atomic E-state index is 0.0128. The molecule has 0 atom stereocenters. The van der Waals surface area contributed by atoms with Gasteiger partial charge in [0.05, 0.1) is 29.8 Å². The van der Waals surface area contributed by atoms with E-state index in [2.05, 4.69) is 10.3 Å². The van der Waals surface area contributed by atoms with Gasteiger partial charge in [0.15, 0.2) is 15.5 Å². The van der Waals surface area contributed by atoms with Gasteiger partial charge < -0.3 is 4.74 Å². The van der Waals surface area contributed by atoms with E-state index in [1.807, 2.05) is 13.8 Å². The van der Waals surface area contributed by atoms with Crippen molar-refractivity contribution in [3.8, 4) is 0 Å². The van der Waals surface area contributed by atoms with Crippen molar-refractivity contribution in [1.82, 2.24) is 15.0 Å². The van der Waals surface area contributed by atoms with Crippen LogP contribution in [0.5, 0.6) is 0 Å². The molecule has 0 aliphatic heterocycles. The first-order chi connectivity index (χ1) is 9.70. The number of carbonyl (C=O) groups is 1. The van der Waals surface area contributed by atoms with E-state index in [4.69, 9.17) is 4.74 Å². The lowest BCUT2D eigenvalue weighted by Gasteiger charge is -2.12. The fraction of sp³-hybridized carbons (Fsp3) is 0.769. The van der Waals surface area contributed by atoms with E-state index in [0.717, 1.165) is 0 Å². The van der Waals surface area contributed by atoms with E-state index in [1.165, 1.54) is 4.68 Å². The number of hydrogen-bond acceptors (Lipinski definition) is 6. The van der Waals surface area contributed by atoms with Crippen LogP contribution < -0.4 is 0 Å². The molecule has 1 aromatic rings. The molecule has 0 unspecified atom stereocenters. The number of ether oxygens (including phenoxy) is 1. The molecular formula is C13H23N3O4S. The van der Waals surface area contributed by atoms with E-state index >= 15 is 0 Å². The number of hydrogen-bond donors (Lipinski definition) is 0. The lowest BCUT2D eigenvalue weighted by molar-refractivity contribution is 0.0517. The monoisotopic (exact) mass is 317 g/mol. The zero-order valence-corrected chi connectivity index (χ0v) is 14.0. The molecule has 0 radical (unpaired) electrons. The maximum absolute atomic E-state index is 11.9. The second-order valence-electron chi connectivity index (χ2n) is 5.34. The number of nitrogens with zero attached hydrogens (tertiary/aromatic N) is 3. The van der Waals surface area contributed by atoms with Crippen molar-refractivity contribution < 1.29 is 17.9 Å². The first-order valence-corrected chi connectivity index (χ1v) is 8.74. The minimum atomic E-state index is -3.16. The Bertz CT molecular complexity index is 591. The number of sulfone groups is 1. The summed E-state index contributed by atoms with van der Waals surface area (Å²) < 4.78 is 30.2. The van der Waals surface area contributed by atoms with E-state index in [-0.39, 0.29) is 30.5 Å². The topological polar surface area (TPSA) is 91.2 Å². The normalized spacial score (nSPS) is 12.1. The van der Waals surface area contributed by atoms with Gasteiger partial charge in [0.25, 0.3) is 0 Å². The van der Waals surface area contributed by atoms with Crippen LogP contribution in [0.15, 0.2) is 0 Å². The van der Waals surface area contributed by atoms with Gasteiger partial charge in [-0.1, -0.05) is 19.1 Å². The number of rotatable bonds is 7. The average Bonchev–Trinajstić information content (AvgIpc) is 2.80. The molecule has 0 spiro atoms. The summed E-state index contributed by atoms with van der Waals surface area (Å²) >= 11 is 0. The van der Waals surface area contributed by atoms with E-state index in [9.17, 15) is 13.2 Å². The van der Waals surface area contributed by atoms with Crippen LogP contribution in [0, 0.1) is 0 Å². The molecule has 8 heteroatoms. The Kier molecular flexibility index (Phi) is 5.88. The molecule has 0 N–H and O–H groups in total. The SMILES string of the molecule is CCOC(=O)c1nnn(CCS(=O)(=O)C(C)C)c1C(C)C. The Morgan fingerprint density at radius 2 is 1.90 bits per heavy atom. The molecule has 1 rings (SSSR count). The van der Waals surface area contributed by atoms with Gasteiger partial charge in [-0.05, 0) is 26.7 Å². The summed E-state index contributed by atoms with van der Waals surface area (Å²) in [7, 11) is -3.16. The maximum atomic E-state index is 11.9. The Hall–Kier alpha value is -1.44. The number of carbonyl (C=O) groups excluding carboxylic acids is 1. The first-order valence-electron chi connectivity index (χ1n) is 7.02. The molecule has 120 valence electrons. The molecular weight excluding hydrogens is 294 g/mol. The molecule has 0 aromatic carbocycles. The smallest absolute Gasteiger partial charge is 0.360 e. The first kappa shape index (κ1) is 17.6. The summed E-state index contributed by atoms with van der Waals surface area (Å²) in [6.45, 7) is 9.23. The quantitative estimate of drug-likeness (QED) is 0.706. The van der Waals surface area contributed by atoms with Gasteiger partial charge in [-0.2, -0.15) is 0 Å². The van der Waals surface area contributed by atoms with Crippen molar-refractivity contribution in [1.29, 1.82) is 0 Å². The molecule has 0 fully saturated rings. The molecule has 7 nitrogen and oxygen atoms in total. The second-order valence-corrected chi connectivity index (χ2v) is 8.01. The third-order valence-corrected chi connectivity index (χ3v) is 5.28. The Morgan fingerprint density at radius 3 is 2.38 bits per heavy atom. The van der Waals surface area contributed by atoms with Gasteiger partial charge in [-0.25, -0.2) is 17.9 Å². The third kappa shape index (κ3) is 4.26. The summed E-state index contributed by atoms with van der Waals surface area (Å²) in [5.41, 5.74) is 0.765. The van der Waals surface area contributed by atoms with Crippen LogP contribution in [-0.4, -0.2) is 47.0 Å². The predicted octanol–water partition coefficient (Wildman–Crippen LogP) is 1.40. The molecule has 0 saturated carbocycles. The summed E-state index contributed by atoms with van der Waals surface area (Å²) in [6.07, 6.45) is 0. The summed E-state index contributed by atoms with van der Waals surface area (Å²) in [5, 5.41) is 7.31. The van der Waals surface area contributed by atoms with Crippen molar-refractivity contribution in [2.45, 2.75) is 52.3 Å². The Morgan fingerprint density at radius 1 is 1.29 bits per heavy atom. The standard InChI is InChI=1S/C13H23N3O4S/c1-6-20-13(17)11-12(9(2)3)16(15-14-11)7-8-21(18,19)10(4)5/h9-10H,6-8H2,1-5H3. The number of aromatic nitrogens is 3. The lowest BCUT2D eigenvalue weighted by Crippen LogP contribution is -2.23. The summed E-state index contributed by atoms with van der Waals surface area (Å²) in [5.74, 6) is -0.573. The zero-order valence-electron chi connectivity index (χ0n) is 13.2. The van der Waals surface area contributed by atoms with Crippen LogP contribution in [0.25, 0.3) is 0 Å². The number of esters is 1. The largest absolute Gasteiger partial charge is 0.461 e. The second kappa shape index (κ2) is 7.02. The average molecular weight is 317 g/mol. The van der Waals surface area contributed by atoms with E-state index in [0.29, 0.717) is 5.69 Å². The van der Waals surface area contributed by atoms with Crippen LogP contribution in [-0.2, 0) is 21.1 Å². The predicted molar refractivity (Wildman–Crippen MR) is 79.0 cm³/mol. The van der Waals surface area contributed by atoms with Crippen molar-refractivity contribution in [3.05, 3.63) is 11.4 Å². The van der Waals surface area contributed by atoms with Crippen LogP contribution in [0.4, 0.5) is 0 Å². The molecule has 0 bridgehead atoms. The summed E-state index contributed by atoms with van der Waals surface area (Å²) in [4.78, 5) is 11.8. The highest BCUT2D eigenvalue weighted by Gasteiger charge is 2.24. The van der Waals surface area contributed by atoms with Crippen molar-refractivity contribution >= 4 is 15.8 Å². The van der Waals surface area contributed by atoms with Crippen LogP contribution in [0.3, 0.4) is 0 Å². The van der Waals surface area contributed by atoms with Gasteiger partial charge in [0, 0.05) is 0 Å². The molecule has 0 saturated heterocycles. The third-order valence-electron chi connectivity index (χ3n) is 3.09. The van der Waals surface area contributed by atoms with Gasteiger partial charge >= 0.3 is 5.97 Å². The highest BCUT2D eigenvalue weighted by atomic mass is 32.2. The van der Waals surface area contributed by atoms with Gasteiger partial charge in [0.1, 0.15) is 0 Å². The fourth-order valence-electron chi connectivity index (χ4n) is 1.85. The molecule has 0 aliphatic carbocycles. The summed E-state index contributed by atoms with van der Waals surface area (Å²) in [6, 6.07) is 0. The van der Waals surface area contributed by atoms with Crippen LogP contribution >= 0.6 is 0 Å². The van der Waals surface area contributed by atoms with Crippen LogP contribution in [0.1, 0.15) is 56.7 Å². The molecule has 21 heavy (non-hydrogen) atoms. The highest BCUT2D eigenvalue weighted by molar-refractivity contribution is 7.91. The zero-order chi connectivity index (χ0) is 16.2. The molecule has 1 aromatic heterocycles. The van der Waals surface area contributed by atoms with Crippen molar-refractivity contribution in [3.63, 3.8) is 0 Å². The van der Waals surface area contributed by atoms with Gasteiger partial charge in [-0.3, -0.25) is 0 Å². The van der Waals surface area contributed by atoms with Gasteiger partial charge in [0.2, 0.25) is 0 Å². The van der Waals surface area contributed by atoms with Gasteiger partial charge in [-0.15, -0.1) is 5.10 Å². The minimum Gasteiger partial charge on any atom is -0.461 e.